The van der Waals surface area contributed by atoms with Crippen molar-refractivity contribution < 1.29 is 26.7 Å². The lowest BCUT2D eigenvalue weighted by Crippen LogP contribution is -3.00. The van der Waals surface area contributed by atoms with Gasteiger partial charge in [0.25, 0.3) is 0 Å². The van der Waals surface area contributed by atoms with Gasteiger partial charge in [0.2, 0.25) is 0 Å². The number of hydrogen-bond donors (Lipinski definition) is 1. The topological polar surface area (TPSA) is 29.5 Å². The molecule has 0 saturated carbocycles. The number of aryl methyl sites for hydroxylation is 1. The van der Waals surface area contributed by atoms with Crippen molar-refractivity contribution >= 4 is 0 Å². The van der Waals surface area contributed by atoms with E-state index in [4.69, 9.17) is 4.74 Å². The van der Waals surface area contributed by atoms with E-state index >= 15 is 0 Å². The van der Waals surface area contributed by atoms with Crippen LogP contribution in [0.1, 0.15) is 89.5 Å². The van der Waals surface area contributed by atoms with Gasteiger partial charge in [-0.25, -0.2) is 0 Å². The first-order chi connectivity index (χ1) is 15.9. The molecular formula is C31H48ClNO2. The van der Waals surface area contributed by atoms with Crippen LogP contribution in [0.3, 0.4) is 0 Å². The molecule has 0 radical (unpaired) electrons. The molecule has 2 aromatic carbocycles. The minimum Gasteiger partial charge on any atom is -1.00 e. The van der Waals surface area contributed by atoms with E-state index in [0.29, 0.717) is 6.61 Å². The maximum atomic E-state index is 11.2. The van der Waals surface area contributed by atoms with E-state index in [1.54, 1.807) is 0 Å². The summed E-state index contributed by atoms with van der Waals surface area (Å²) >= 11 is 0. The van der Waals surface area contributed by atoms with Crippen LogP contribution in [0.15, 0.2) is 42.5 Å². The van der Waals surface area contributed by atoms with Crippen LogP contribution in [0, 0.1) is 6.92 Å². The van der Waals surface area contributed by atoms with E-state index in [-0.39, 0.29) is 23.2 Å². The highest BCUT2D eigenvalue weighted by atomic mass is 35.5. The summed E-state index contributed by atoms with van der Waals surface area (Å²) in [5.74, 6) is 0.903. The highest BCUT2D eigenvalue weighted by molar-refractivity contribution is 5.43. The number of aliphatic hydroxyl groups excluding tert-OH is 1. The zero-order valence-corrected chi connectivity index (χ0v) is 23.9. The minimum absolute atomic E-state index is 0. The molecule has 1 N–H and O–H groups in total. The SMILES string of the molecule is Cc1ccc(C[N+]2(CC(O)COc3ccc(C(C)(C)C)cc3C(C)(C)C)CCCCCC2)cc1.[Cl-]. The summed E-state index contributed by atoms with van der Waals surface area (Å²) < 4.78 is 7.28. The van der Waals surface area contributed by atoms with E-state index < -0.39 is 6.10 Å². The van der Waals surface area contributed by atoms with Gasteiger partial charge in [0.15, 0.2) is 0 Å². The second kappa shape index (κ2) is 12.1. The zero-order chi connectivity index (χ0) is 25.0. The van der Waals surface area contributed by atoms with Crippen LogP contribution in [0.4, 0.5) is 0 Å². The van der Waals surface area contributed by atoms with Crippen molar-refractivity contribution in [3.63, 3.8) is 0 Å². The molecule has 35 heavy (non-hydrogen) atoms. The van der Waals surface area contributed by atoms with Crippen molar-refractivity contribution in [2.24, 2.45) is 0 Å². The molecule has 1 fully saturated rings. The average Bonchev–Trinajstić information content (AvgIpc) is 2.98. The molecule has 0 aliphatic carbocycles. The van der Waals surface area contributed by atoms with E-state index in [0.717, 1.165) is 36.4 Å². The fourth-order valence-corrected chi connectivity index (χ4v) is 5.24. The van der Waals surface area contributed by atoms with Gasteiger partial charge in [-0.15, -0.1) is 0 Å². The Morgan fingerprint density at radius 1 is 0.857 bits per heavy atom. The molecule has 1 saturated heterocycles. The standard InChI is InChI=1S/C31H48NO2.ClH/c1-24-12-14-25(15-13-24)21-32(18-10-8-9-11-19-32)22-27(33)23-34-29-17-16-26(30(2,3)4)20-28(29)31(5,6)7;/h12-17,20,27,33H,8-11,18-19,21-23H2,1-7H3;1H/q+1;/p-1. The van der Waals surface area contributed by atoms with Crippen molar-refractivity contribution in [1.82, 2.24) is 0 Å². The number of benzene rings is 2. The van der Waals surface area contributed by atoms with Crippen LogP contribution in [0.25, 0.3) is 0 Å². The van der Waals surface area contributed by atoms with Gasteiger partial charge in [0.1, 0.15) is 31.5 Å². The number of hydrogen-bond acceptors (Lipinski definition) is 2. The lowest BCUT2D eigenvalue weighted by Gasteiger charge is -2.39. The number of nitrogens with zero attached hydrogens (tertiary/aromatic N) is 1. The third-order valence-electron chi connectivity index (χ3n) is 7.34. The van der Waals surface area contributed by atoms with Gasteiger partial charge in [0.05, 0.1) is 13.1 Å². The number of ether oxygens (including phenoxy) is 1. The lowest BCUT2D eigenvalue weighted by atomic mass is 9.80. The van der Waals surface area contributed by atoms with Crippen LogP contribution >= 0.6 is 0 Å². The molecule has 1 aliphatic heterocycles. The van der Waals surface area contributed by atoms with Gasteiger partial charge >= 0.3 is 0 Å². The van der Waals surface area contributed by atoms with E-state index in [1.165, 1.54) is 47.9 Å². The largest absolute Gasteiger partial charge is 1.00 e. The van der Waals surface area contributed by atoms with Crippen LogP contribution < -0.4 is 17.1 Å². The molecular weight excluding hydrogens is 454 g/mol. The van der Waals surface area contributed by atoms with Crippen molar-refractivity contribution in [3.8, 4) is 5.75 Å². The Labute approximate surface area is 220 Å². The van der Waals surface area contributed by atoms with Gasteiger partial charge in [0, 0.05) is 5.56 Å². The van der Waals surface area contributed by atoms with Gasteiger partial charge in [-0.3, -0.25) is 0 Å². The Kier molecular flexibility index (Phi) is 10.3. The Morgan fingerprint density at radius 3 is 2.00 bits per heavy atom. The number of rotatable bonds is 7. The third-order valence-corrected chi connectivity index (χ3v) is 7.34. The summed E-state index contributed by atoms with van der Waals surface area (Å²) in [4.78, 5) is 0. The molecule has 0 aromatic heterocycles. The smallest absolute Gasteiger partial charge is 0.137 e. The van der Waals surface area contributed by atoms with Crippen molar-refractivity contribution in [2.45, 2.75) is 97.6 Å². The molecule has 4 heteroatoms. The van der Waals surface area contributed by atoms with Gasteiger partial charge in [-0.1, -0.05) is 83.5 Å². The van der Waals surface area contributed by atoms with E-state index in [9.17, 15) is 5.11 Å². The van der Waals surface area contributed by atoms with Crippen molar-refractivity contribution in [2.75, 3.05) is 26.2 Å². The summed E-state index contributed by atoms with van der Waals surface area (Å²) in [6.45, 7) is 19.9. The Balaban J connectivity index is 0.00000432. The number of quaternary nitrogens is 1. The summed E-state index contributed by atoms with van der Waals surface area (Å²) in [6.07, 6.45) is 4.59. The Hall–Kier alpha value is -1.55. The van der Waals surface area contributed by atoms with Crippen molar-refractivity contribution in [1.29, 1.82) is 0 Å². The fourth-order valence-electron chi connectivity index (χ4n) is 5.24. The van der Waals surface area contributed by atoms with Crippen LogP contribution in [-0.2, 0) is 17.4 Å². The Bertz CT molecular complexity index is 916. The second-order valence-corrected chi connectivity index (χ2v) is 12.7. The number of halogens is 1. The maximum absolute atomic E-state index is 11.2. The highest BCUT2D eigenvalue weighted by Crippen LogP contribution is 2.35. The summed E-state index contributed by atoms with van der Waals surface area (Å²) in [5, 5.41) is 11.2. The first kappa shape index (κ1) is 29.7. The van der Waals surface area contributed by atoms with Crippen LogP contribution in [-0.4, -0.2) is 41.9 Å². The highest BCUT2D eigenvalue weighted by Gasteiger charge is 2.32. The molecule has 0 bridgehead atoms. The quantitative estimate of drug-likeness (QED) is 0.582. The summed E-state index contributed by atoms with van der Waals surface area (Å²) in [6, 6.07) is 15.5. The molecule has 0 amide bonds. The molecule has 1 aliphatic rings. The zero-order valence-electron chi connectivity index (χ0n) is 23.2. The molecule has 0 spiro atoms. The van der Waals surface area contributed by atoms with Gasteiger partial charge in [-0.2, -0.15) is 0 Å². The fraction of sp³-hybridized carbons (Fsp3) is 0.613. The molecule has 1 heterocycles. The molecule has 196 valence electrons. The van der Waals surface area contributed by atoms with Crippen LogP contribution in [0.2, 0.25) is 0 Å². The predicted octanol–water partition coefficient (Wildman–Crippen LogP) is 3.92. The number of aliphatic hydroxyl groups is 1. The normalized spacial score (nSPS) is 17.3. The Morgan fingerprint density at radius 2 is 1.46 bits per heavy atom. The summed E-state index contributed by atoms with van der Waals surface area (Å²) in [7, 11) is 0. The molecule has 3 nitrogen and oxygen atoms in total. The van der Waals surface area contributed by atoms with E-state index in [1.807, 2.05) is 0 Å². The van der Waals surface area contributed by atoms with Gasteiger partial charge in [-0.05, 0) is 60.6 Å². The molecule has 1 unspecified atom stereocenters. The predicted molar refractivity (Wildman–Crippen MR) is 144 cm³/mol. The molecule has 3 rings (SSSR count). The van der Waals surface area contributed by atoms with Gasteiger partial charge < -0.3 is 26.7 Å². The number of likely N-dealkylation sites (tertiary alicyclic amines) is 1. The minimum atomic E-state index is -0.487. The van der Waals surface area contributed by atoms with E-state index in [2.05, 4.69) is 90.9 Å². The first-order valence-electron chi connectivity index (χ1n) is 13.2. The van der Waals surface area contributed by atoms with Crippen molar-refractivity contribution in [3.05, 3.63) is 64.7 Å². The summed E-state index contributed by atoms with van der Waals surface area (Å²) in [5.41, 5.74) is 5.27. The average molecular weight is 502 g/mol. The lowest BCUT2D eigenvalue weighted by molar-refractivity contribution is -0.942. The monoisotopic (exact) mass is 501 g/mol. The second-order valence-electron chi connectivity index (χ2n) is 12.7. The maximum Gasteiger partial charge on any atom is 0.137 e. The molecule has 2 aromatic rings. The molecule has 1 atom stereocenters. The van der Waals surface area contributed by atoms with Crippen LogP contribution in [0.5, 0.6) is 5.75 Å². The first-order valence-corrected chi connectivity index (χ1v) is 13.2. The third kappa shape index (κ3) is 8.51.